The first-order chi connectivity index (χ1) is 9.24. The number of hydrogen-bond donors (Lipinski definition) is 0. The van der Waals surface area contributed by atoms with Crippen LogP contribution < -0.4 is 0 Å². The highest BCUT2D eigenvalue weighted by Crippen LogP contribution is 2.23. The van der Waals surface area contributed by atoms with Gasteiger partial charge in [-0.15, -0.1) is 10.2 Å². The van der Waals surface area contributed by atoms with Crippen LogP contribution in [0.1, 0.15) is 31.7 Å². The molecule has 0 aliphatic carbocycles. The van der Waals surface area contributed by atoms with E-state index in [-0.39, 0.29) is 0 Å². The summed E-state index contributed by atoms with van der Waals surface area (Å²) in [5, 5.41) is 9.60. The third kappa shape index (κ3) is 3.83. The quantitative estimate of drug-likeness (QED) is 0.735. The fraction of sp³-hybridized carbons (Fsp3) is 0.429. The van der Waals surface area contributed by atoms with Crippen LogP contribution in [0.5, 0.6) is 0 Å². The van der Waals surface area contributed by atoms with Crippen molar-refractivity contribution in [1.82, 2.24) is 14.8 Å². The van der Waals surface area contributed by atoms with Crippen molar-refractivity contribution >= 4 is 27.7 Å². The molecule has 0 radical (unpaired) electrons. The predicted octanol–water partition coefficient (Wildman–Crippen LogP) is 4.31. The molecule has 0 saturated carbocycles. The monoisotopic (exact) mass is 339 g/mol. The molecule has 19 heavy (non-hydrogen) atoms. The van der Waals surface area contributed by atoms with Crippen LogP contribution in [0.3, 0.4) is 0 Å². The summed E-state index contributed by atoms with van der Waals surface area (Å²) in [6.45, 7) is 5.31. The van der Waals surface area contributed by atoms with Crippen molar-refractivity contribution in [2.24, 2.45) is 0 Å². The van der Waals surface area contributed by atoms with Gasteiger partial charge in [0.1, 0.15) is 5.82 Å². The minimum Gasteiger partial charge on any atom is -0.306 e. The lowest BCUT2D eigenvalue weighted by atomic mass is 10.2. The highest BCUT2D eigenvalue weighted by Gasteiger charge is 2.10. The summed E-state index contributed by atoms with van der Waals surface area (Å²) < 4.78 is 3.35. The van der Waals surface area contributed by atoms with E-state index < -0.39 is 0 Å². The Kier molecular flexibility index (Phi) is 5.45. The van der Waals surface area contributed by atoms with Crippen LogP contribution in [-0.4, -0.2) is 14.8 Å². The van der Waals surface area contributed by atoms with Gasteiger partial charge in [0.15, 0.2) is 5.16 Å². The molecule has 0 fully saturated rings. The van der Waals surface area contributed by atoms with E-state index in [1.54, 1.807) is 11.8 Å². The normalized spacial score (nSPS) is 10.9. The lowest BCUT2D eigenvalue weighted by Gasteiger charge is -2.07. The number of nitrogens with zero attached hydrogens (tertiary/aromatic N) is 3. The molecule has 0 amide bonds. The van der Waals surface area contributed by atoms with Crippen molar-refractivity contribution in [2.45, 2.75) is 44.1 Å². The second kappa shape index (κ2) is 7.10. The lowest BCUT2D eigenvalue weighted by Crippen LogP contribution is -2.03. The van der Waals surface area contributed by atoms with E-state index in [1.165, 1.54) is 5.56 Å². The van der Waals surface area contributed by atoms with Crippen molar-refractivity contribution in [3.63, 3.8) is 0 Å². The minimum absolute atomic E-state index is 0.929. The number of aryl methyl sites for hydroxylation is 1. The van der Waals surface area contributed by atoms with Gasteiger partial charge in [-0.25, -0.2) is 0 Å². The maximum absolute atomic E-state index is 4.30. The maximum Gasteiger partial charge on any atom is 0.191 e. The third-order valence-corrected chi connectivity index (χ3v) is 4.40. The van der Waals surface area contributed by atoms with Gasteiger partial charge >= 0.3 is 0 Å². The van der Waals surface area contributed by atoms with Crippen molar-refractivity contribution < 1.29 is 0 Å². The fourth-order valence-electron chi connectivity index (χ4n) is 1.86. The van der Waals surface area contributed by atoms with Gasteiger partial charge in [0.2, 0.25) is 0 Å². The number of benzene rings is 1. The summed E-state index contributed by atoms with van der Waals surface area (Å²) in [7, 11) is 0. The molecule has 0 aliphatic heterocycles. The van der Waals surface area contributed by atoms with Gasteiger partial charge in [0.05, 0.1) is 0 Å². The molecule has 0 spiro atoms. The molecule has 2 rings (SSSR count). The number of rotatable bonds is 6. The highest BCUT2D eigenvalue weighted by atomic mass is 79.9. The third-order valence-electron chi connectivity index (χ3n) is 2.84. The highest BCUT2D eigenvalue weighted by molar-refractivity contribution is 9.10. The Balaban J connectivity index is 2.06. The van der Waals surface area contributed by atoms with E-state index in [9.17, 15) is 0 Å². The van der Waals surface area contributed by atoms with Crippen LogP contribution in [0.25, 0.3) is 0 Å². The van der Waals surface area contributed by atoms with E-state index >= 15 is 0 Å². The van der Waals surface area contributed by atoms with Gasteiger partial charge in [-0.2, -0.15) is 0 Å². The number of thioether (sulfide) groups is 1. The topological polar surface area (TPSA) is 30.7 Å². The molecule has 5 heteroatoms. The van der Waals surface area contributed by atoms with Crippen LogP contribution >= 0.6 is 27.7 Å². The molecule has 0 N–H and O–H groups in total. The molecular weight excluding hydrogens is 322 g/mol. The van der Waals surface area contributed by atoms with E-state index in [0.29, 0.717) is 0 Å². The molecule has 3 nitrogen and oxygen atoms in total. The first-order valence-electron chi connectivity index (χ1n) is 6.54. The summed E-state index contributed by atoms with van der Waals surface area (Å²) in [4.78, 5) is 0. The Hall–Kier alpha value is -0.810. The van der Waals surface area contributed by atoms with Crippen molar-refractivity contribution in [1.29, 1.82) is 0 Å². The van der Waals surface area contributed by atoms with E-state index in [4.69, 9.17) is 0 Å². The fourth-order valence-corrected chi connectivity index (χ4v) is 3.07. The molecule has 2 aromatic rings. The Bertz CT molecular complexity index is 522. The average Bonchev–Trinajstić information content (AvgIpc) is 2.81. The molecule has 1 aromatic carbocycles. The number of hydrogen-bond acceptors (Lipinski definition) is 3. The SMILES string of the molecule is CCCn1c(CC)nnc1SCc1ccc(Br)cc1. The second-order valence-electron chi connectivity index (χ2n) is 4.32. The van der Waals surface area contributed by atoms with Crippen LogP contribution in [0.4, 0.5) is 0 Å². The van der Waals surface area contributed by atoms with Crippen molar-refractivity contribution in [2.75, 3.05) is 0 Å². The van der Waals surface area contributed by atoms with E-state index in [1.807, 2.05) is 0 Å². The van der Waals surface area contributed by atoms with Gasteiger partial charge in [-0.05, 0) is 24.1 Å². The lowest BCUT2D eigenvalue weighted by molar-refractivity contribution is 0.595. The zero-order valence-corrected chi connectivity index (χ0v) is 13.7. The van der Waals surface area contributed by atoms with Gasteiger partial charge in [0.25, 0.3) is 0 Å². The largest absolute Gasteiger partial charge is 0.306 e. The second-order valence-corrected chi connectivity index (χ2v) is 6.18. The number of aromatic nitrogens is 3. The summed E-state index contributed by atoms with van der Waals surface area (Å²) in [6, 6.07) is 8.42. The van der Waals surface area contributed by atoms with Crippen molar-refractivity contribution in [3.05, 3.63) is 40.1 Å². The Morgan fingerprint density at radius 3 is 2.53 bits per heavy atom. The van der Waals surface area contributed by atoms with Gasteiger partial charge < -0.3 is 4.57 Å². The molecule has 1 aromatic heterocycles. The molecule has 0 aliphatic rings. The van der Waals surface area contributed by atoms with Gasteiger partial charge in [0, 0.05) is 23.2 Å². The smallest absolute Gasteiger partial charge is 0.191 e. The average molecular weight is 340 g/mol. The zero-order valence-electron chi connectivity index (χ0n) is 11.3. The molecule has 1 heterocycles. The molecular formula is C14H18BrN3S. The van der Waals surface area contributed by atoms with Gasteiger partial charge in [-0.3, -0.25) is 0 Å². The predicted molar refractivity (Wildman–Crippen MR) is 83.4 cm³/mol. The summed E-state index contributed by atoms with van der Waals surface area (Å²) in [6.07, 6.45) is 2.04. The standard InChI is InChI=1S/C14H18BrN3S/c1-3-9-18-13(4-2)16-17-14(18)19-10-11-5-7-12(15)8-6-11/h5-8H,3-4,9-10H2,1-2H3. The first-order valence-corrected chi connectivity index (χ1v) is 8.31. The number of halogens is 1. The first kappa shape index (κ1) is 14.6. The van der Waals surface area contributed by atoms with E-state index in [0.717, 1.165) is 40.6 Å². The Morgan fingerprint density at radius 1 is 1.16 bits per heavy atom. The van der Waals surface area contributed by atoms with Crippen LogP contribution in [0.2, 0.25) is 0 Å². The molecule has 0 unspecified atom stereocenters. The van der Waals surface area contributed by atoms with Crippen LogP contribution in [0, 0.1) is 0 Å². The summed E-state index contributed by atoms with van der Waals surface area (Å²) in [5.41, 5.74) is 1.30. The zero-order chi connectivity index (χ0) is 13.7. The Labute approximate surface area is 126 Å². The minimum atomic E-state index is 0.929. The summed E-state index contributed by atoms with van der Waals surface area (Å²) >= 11 is 5.21. The molecule has 0 atom stereocenters. The van der Waals surface area contributed by atoms with Gasteiger partial charge in [-0.1, -0.05) is 53.7 Å². The summed E-state index contributed by atoms with van der Waals surface area (Å²) in [5.74, 6) is 2.01. The van der Waals surface area contributed by atoms with Crippen molar-refractivity contribution in [3.8, 4) is 0 Å². The Morgan fingerprint density at radius 2 is 1.89 bits per heavy atom. The molecule has 102 valence electrons. The molecule has 0 bridgehead atoms. The maximum atomic E-state index is 4.30. The van der Waals surface area contributed by atoms with Crippen LogP contribution in [0.15, 0.2) is 33.9 Å². The van der Waals surface area contributed by atoms with Crippen LogP contribution in [-0.2, 0) is 18.7 Å². The molecule has 0 saturated heterocycles. The van der Waals surface area contributed by atoms with E-state index in [2.05, 4.69) is 68.8 Å².